The Labute approximate surface area is 332 Å². The first-order valence-corrected chi connectivity index (χ1v) is 18.4. The molecule has 0 spiro atoms. The third-order valence-electron chi connectivity index (χ3n) is 10.7. The second kappa shape index (κ2) is 13.5. The molecule has 0 saturated heterocycles. The fourth-order valence-electron chi connectivity index (χ4n) is 8.17. The summed E-state index contributed by atoms with van der Waals surface area (Å²) in [4.78, 5) is 17.2. The number of nitrogens with zero attached hydrogens (tertiary/aromatic N) is 8. The maximum absolute atomic E-state index is 10.8. The summed E-state index contributed by atoms with van der Waals surface area (Å²) in [5.74, 6) is 0.247. The number of hydrogen-bond acceptors (Lipinski definition) is 4. The van der Waals surface area contributed by atoms with Gasteiger partial charge in [0.2, 0.25) is 0 Å². The normalized spacial score (nSPS) is 11.0. The standard InChI is InChI=1S/C50H26N8/c1-53-41-18-8-3-16-38(41)43-28-44(56-50(55-43)39-17-4-9-19-42(39)54-2)49-31(29-51)25-34(26-32(49)30-52)58-47-22-12-7-15-37(47)40-27-33(23-24-48(40)58)57-45-20-10-5-13-35(45)36-14-6-11-21-46(36)57/h3-28H. The molecule has 0 aliphatic rings. The quantitative estimate of drug-likeness (QED) is 0.164. The van der Waals surface area contributed by atoms with Crippen LogP contribution in [0.4, 0.5) is 11.4 Å². The highest BCUT2D eigenvalue weighted by atomic mass is 15.0. The van der Waals surface area contributed by atoms with E-state index in [2.05, 4.69) is 104 Å². The van der Waals surface area contributed by atoms with Crippen molar-refractivity contribution >= 4 is 55.0 Å². The molecule has 10 aromatic rings. The monoisotopic (exact) mass is 738 g/mol. The predicted octanol–water partition coefficient (Wildman–Crippen LogP) is 12.5. The first kappa shape index (κ1) is 33.7. The van der Waals surface area contributed by atoms with Crippen LogP contribution in [0.1, 0.15) is 11.1 Å². The van der Waals surface area contributed by atoms with Gasteiger partial charge in [0, 0.05) is 49.6 Å². The van der Waals surface area contributed by atoms with E-state index in [9.17, 15) is 10.5 Å². The summed E-state index contributed by atoms with van der Waals surface area (Å²) in [5, 5.41) is 26.0. The van der Waals surface area contributed by atoms with Crippen molar-refractivity contribution in [1.82, 2.24) is 19.1 Å². The smallest absolute Gasteiger partial charge is 0.198 e. The van der Waals surface area contributed by atoms with E-state index in [0.29, 0.717) is 45.1 Å². The molecule has 0 fully saturated rings. The van der Waals surface area contributed by atoms with Crippen molar-refractivity contribution in [3.63, 3.8) is 0 Å². The molecular formula is C50H26N8. The maximum atomic E-state index is 10.8. The third-order valence-corrected chi connectivity index (χ3v) is 10.7. The summed E-state index contributed by atoms with van der Waals surface area (Å²) in [7, 11) is 0. The van der Waals surface area contributed by atoms with Gasteiger partial charge in [0.25, 0.3) is 0 Å². The van der Waals surface area contributed by atoms with Gasteiger partial charge in [-0.2, -0.15) is 10.5 Å². The average molecular weight is 739 g/mol. The molecule has 10 rings (SSSR count). The summed E-state index contributed by atoms with van der Waals surface area (Å²) < 4.78 is 4.39. The molecule has 0 saturated carbocycles. The van der Waals surface area contributed by atoms with Gasteiger partial charge in [0.15, 0.2) is 11.4 Å². The zero-order chi connectivity index (χ0) is 39.3. The molecule has 8 nitrogen and oxygen atoms in total. The van der Waals surface area contributed by atoms with E-state index >= 15 is 0 Å². The number of fused-ring (bicyclic) bond motifs is 6. The summed E-state index contributed by atoms with van der Waals surface area (Å²) in [6, 6.07) is 55.7. The van der Waals surface area contributed by atoms with E-state index < -0.39 is 0 Å². The van der Waals surface area contributed by atoms with Crippen LogP contribution in [0.25, 0.3) is 98.6 Å². The van der Waals surface area contributed by atoms with Crippen LogP contribution < -0.4 is 0 Å². The molecule has 0 aliphatic heterocycles. The zero-order valence-corrected chi connectivity index (χ0v) is 30.6. The minimum atomic E-state index is 0.245. The Morgan fingerprint density at radius 1 is 0.448 bits per heavy atom. The van der Waals surface area contributed by atoms with Crippen LogP contribution >= 0.6 is 0 Å². The fourth-order valence-corrected chi connectivity index (χ4v) is 8.17. The molecule has 3 aromatic heterocycles. The van der Waals surface area contributed by atoms with Crippen LogP contribution in [0.3, 0.4) is 0 Å². The Balaban J connectivity index is 1.20. The third kappa shape index (κ3) is 5.19. The summed E-state index contributed by atoms with van der Waals surface area (Å²) in [6.45, 7) is 15.7. The lowest BCUT2D eigenvalue weighted by molar-refractivity contribution is 1.15. The van der Waals surface area contributed by atoms with Crippen LogP contribution in [-0.2, 0) is 0 Å². The number of hydrogen-bond donors (Lipinski definition) is 0. The Morgan fingerprint density at radius 3 is 1.50 bits per heavy atom. The van der Waals surface area contributed by atoms with Crippen molar-refractivity contribution in [1.29, 1.82) is 10.5 Å². The summed E-state index contributed by atoms with van der Waals surface area (Å²) in [5.41, 5.74) is 9.17. The van der Waals surface area contributed by atoms with Crippen LogP contribution in [-0.4, -0.2) is 19.1 Å². The highest BCUT2D eigenvalue weighted by Gasteiger charge is 2.22. The number of nitriles is 2. The van der Waals surface area contributed by atoms with Gasteiger partial charge in [-0.1, -0.05) is 103 Å². The lowest BCUT2D eigenvalue weighted by Crippen LogP contribution is -2.02. The van der Waals surface area contributed by atoms with Crippen molar-refractivity contribution in [2.75, 3.05) is 0 Å². The van der Waals surface area contributed by atoms with Crippen molar-refractivity contribution in [3.05, 3.63) is 192 Å². The fraction of sp³-hybridized carbons (Fsp3) is 0. The largest absolute Gasteiger partial charge is 0.309 e. The molecular weight excluding hydrogens is 713 g/mol. The highest BCUT2D eigenvalue weighted by molar-refractivity contribution is 6.12. The molecule has 0 aliphatic carbocycles. The maximum Gasteiger partial charge on any atom is 0.198 e. The molecule has 0 N–H and O–H groups in total. The van der Waals surface area contributed by atoms with Crippen LogP contribution in [0, 0.1) is 35.8 Å². The van der Waals surface area contributed by atoms with Crippen LogP contribution in [0.2, 0.25) is 0 Å². The first-order chi connectivity index (χ1) is 28.6. The molecule has 0 unspecified atom stereocenters. The SMILES string of the molecule is [C-]#[N+]c1ccccc1-c1cc(-c2c(C#N)cc(-n3c4ccccc4c4cc(-n5c6ccccc6c6ccccc65)ccc43)cc2C#N)nc(-c2ccccc2[N+]#[C-])n1. The molecule has 266 valence electrons. The van der Waals surface area contributed by atoms with Gasteiger partial charge in [0.05, 0.1) is 69.9 Å². The minimum Gasteiger partial charge on any atom is -0.309 e. The number of rotatable bonds is 5. The number of benzene rings is 7. The Kier molecular flexibility index (Phi) is 7.84. The first-order valence-electron chi connectivity index (χ1n) is 18.4. The van der Waals surface area contributed by atoms with Gasteiger partial charge in [-0.05, 0) is 54.6 Å². The molecule has 7 aromatic carbocycles. The van der Waals surface area contributed by atoms with E-state index in [1.165, 1.54) is 10.8 Å². The van der Waals surface area contributed by atoms with Gasteiger partial charge in [0.1, 0.15) is 5.82 Å². The van der Waals surface area contributed by atoms with Crippen molar-refractivity contribution in [3.8, 4) is 57.4 Å². The second-order valence-electron chi connectivity index (χ2n) is 13.8. The van der Waals surface area contributed by atoms with Crippen LogP contribution in [0.5, 0.6) is 0 Å². The predicted molar refractivity (Wildman–Crippen MR) is 229 cm³/mol. The summed E-state index contributed by atoms with van der Waals surface area (Å²) in [6.07, 6.45) is 0. The van der Waals surface area contributed by atoms with Crippen LogP contribution in [0.15, 0.2) is 158 Å². The second-order valence-corrected chi connectivity index (χ2v) is 13.8. The van der Waals surface area contributed by atoms with E-state index in [1.807, 2.05) is 24.3 Å². The molecule has 58 heavy (non-hydrogen) atoms. The van der Waals surface area contributed by atoms with E-state index in [-0.39, 0.29) is 17.0 Å². The van der Waals surface area contributed by atoms with Gasteiger partial charge in [-0.3, -0.25) is 0 Å². The Hall–Kier alpha value is -8.82. The average Bonchev–Trinajstić information content (AvgIpc) is 3.81. The zero-order valence-electron chi connectivity index (χ0n) is 30.6. The lowest BCUT2D eigenvalue weighted by Gasteiger charge is -2.15. The lowest BCUT2D eigenvalue weighted by atomic mass is 9.96. The van der Waals surface area contributed by atoms with Gasteiger partial charge >= 0.3 is 0 Å². The number of para-hydroxylation sites is 5. The molecule has 0 amide bonds. The summed E-state index contributed by atoms with van der Waals surface area (Å²) >= 11 is 0. The van der Waals surface area contributed by atoms with Crippen molar-refractivity contribution in [2.45, 2.75) is 0 Å². The highest BCUT2D eigenvalue weighted by Crippen LogP contribution is 2.40. The van der Waals surface area contributed by atoms with E-state index in [1.54, 1.807) is 60.7 Å². The van der Waals surface area contributed by atoms with E-state index in [4.69, 9.17) is 23.1 Å². The van der Waals surface area contributed by atoms with Crippen molar-refractivity contribution in [2.24, 2.45) is 0 Å². The molecule has 0 radical (unpaired) electrons. The Bertz CT molecular complexity index is 3360. The topological polar surface area (TPSA) is 91.9 Å². The molecule has 0 bridgehead atoms. The van der Waals surface area contributed by atoms with Gasteiger partial charge in [-0.25, -0.2) is 19.7 Å². The molecule has 0 atom stereocenters. The van der Waals surface area contributed by atoms with Crippen molar-refractivity contribution < 1.29 is 0 Å². The number of aromatic nitrogens is 4. The van der Waals surface area contributed by atoms with Gasteiger partial charge in [-0.15, -0.1) is 0 Å². The molecule has 3 heterocycles. The minimum absolute atomic E-state index is 0.245. The van der Waals surface area contributed by atoms with E-state index in [0.717, 1.165) is 38.5 Å². The van der Waals surface area contributed by atoms with Gasteiger partial charge < -0.3 is 9.13 Å². The molecule has 8 heteroatoms. The Morgan fingerprint density at radius 2 is 0.914 bits per heavy atom.